The van der Waals surface area contributed by atoms with E-state index in [1.807, 2.05) is 12.3 Å². The van der Waals surface area contributed by atoms with E-state index in [1.165, 1.54) is 23.3 Å². The third kappa shape index (κ3) is 3.87. The summed E-state index contributed by atoms with van der Waals surface area (Å²) in [5, 5.41) is 1.66. The second-order valence-electron chi connectivity index (χ2n) is 10.9. The van der Waals surface area contributed by atoms with Crippen LogP contribution in [0.5, 0.6) is 0 Å². The summed E-state index contributed by atoms with van der Waals surface area (Å²) in [4.78, 5) is 14.6. The molecule has 4 heterocycles. The van der Waals surface area contributed by atoms with Gasteiger partial charge in [0.2, 0.25) is 5.71 Å². The molecule has 0 aliphatic rings. The molecular formula is C32H31FN4O. The minimum atomic E-state index is -0.335. The second-order valence-corrected chi connectivity index (χ2v) is 10.9. The van der Waals surface area contributed by atoms with Crippen LogP contribution in [0.25, 0.3) is 50.2 Å². The SMILES string of the molecule is CC(C)c1cc2nc(-c3cnc4oc5cc(F)ccc5c4c3)n(-c3c(C(C)C)cccc3C(C)C)c2cn1. The Hall–Kier alpha value is -4.06. The van der Waals surface area contributed by atoms with Crippen LogP contribution in [0.3, 0.4) is 0 Å². The molecule has 192 valence electrons. The lowest BCUT2D eigenvalue weighted by atomic mass is 9.92. The van der Waals surface area contributed by atoms with Gasteiger partial charge in [-0.05, 0) is 53.1 Å². The van der Waals surface area contributed by atoms with Crippen LogP contribution < -0.4 is 0 Å². The number of hydrogen-bond donors (Lipinski definition) is 0. The number of benzene rings is 2. The maximum atomic E-state index is 13.9. The third-order valence-electron chi connectivity index (χ3n) is 7.27. The Labute approximate surface area is 221 Å². The van der Waals surface area contributed by atoms with Crippen LogP contribution in [0.1, 0.15) is 76.1 Å². The number of rotatable bonds is 5. The van der Waals surface area contributed by atoms with E-state index in [-0.39, 0.29) is 11.7 Å². The van der Waals surface area contributed by atoms with Crippen molar-refractivity contribution in [2.45, 2.75) is 59.3 Å². The van der Waals surface area contributed by atoms with E-state index < -0.39 is 0 Å². The number of pyridine rings is 2. The van der Waals surface area contributed by atoms with Gasteiger partial charge in [-0.3, -0.25) is 9.55 Å². The minimum absolute atomic E-state index is 0.290. The fourth-order valence-corrected chi connectivity index (χ4v) is 5.25. The van der Waals surface area contributed by atoms with Crippen LogP contribution in [0.15, 0.2) is 65.3 Å². The summed E-state index contributed by atoms with van der Waals surface area (Å²) in [5.41, 5.74) is 8.33. The maximum absolute atomic E-state index is 13.9. The first-order valence-corrected chi connectivity index (χ1v) is 13.2. The Kier molecular flexibility index (Phi) is 5.78. The van der Waals surface area contributed by atoms with E-state index in [9.17, 15) is 4.39 Å². The molecule has 0 radical (unpaired) electrons. The monoisotopic (exact) mass is 506 g/mol. The van der Waals surface area contributed by atoms with Crippen LogP contribution in [0.4, 0.5) is 4.39 Å². The minimum Gasteiger partial charge on any atom is -0.438 e. The standard InChI is InChI=1S/C32H31FN4O/c1-17(2)22-8-7-9-23(18(3)4)30(22)37-28-16-34-26(19(5)6)14-27(28)36-31(37)20-12-25-24-11-10-21(33)13-29(24)38-32(25)35-15-20/h7-19H,1-6H3. The predicted molar refractivity (Wildman–Crippen MR) is 152 cm³/mol. The molecule has 0 amide bonds. The second kappa shape index (κ2) is 9.05. The van der Waals surface area contributed by atoms with Crippen molar-refractivity contribution in [2.75, 3.05) is 0 Å². The van der Waals surface area contributed by atoms with Crippen LogP contribution in [-0.2, 0) is 0 Å². The fourth-order valence-electron chi connectivity index (χ4n) is 5.25. The van der Waals surface area contributed by atoms with Crippen molar-refractivity contribution < 1.29 is 8.81 Å². The lowest BCUT2D eigenvalue weighted by Crippen LogP contribution is -2.08. The zero-order valence-corrected chi connectivity index (χ0v) is 22.6. The number of furan rings is 1. The van der Waals surface area contributed by atoms with E-state index in [1.54, 1.807) is 12.3 Å². The lowest BCUT2D eigenvalue weighted by Gasteiger charge is -2.22. The van der Waals surface area contributed by atoms with Crippen LogP contribution in [0.2, 0.25) is 0 Å². The zero-order chi connectivity index (χ0) is 26.7. The molecule has 2 aromatic carbocycles. The third-order valence-corrected chi connectivity index (χ3v) is 7.27. The molecule has 0 N–H and O–H groups in total. The summed E-state index contributed by atoms with van der Waals surface area (Å²) in [5.74, 6) is 1.37. The van der Waals surface area contributed by atoms with Gasteiger partial charge < -0.3 is 4.42 Å². The Balaban J connectivity index is 1.71. The molecule has 0 saturated heterocycles. The molecule has 0 atom stereocenters. The van der Waals surface area contributed by atoms with Crippen LogP contribution in [0, 0.1) is 5.82 Å². The molecule has 0 unspecified atom stereocenters. The van der Waals surface area contributed by atoms with Crippen molar-refractivity contribution in [2.24, 2.45) is 0 Å². The molecule has 6 heteroatoms. The molecule has 0 fully saturated rings. The number of aromatic nitrogens is 4. The topological polar surface area (TPSA) is 56.7 Å². The van der Waals surface area contributed by atoms with Gasteiger partial charge in [-0.2, -0.15) is 0 Å². The molecule has 0 aliphatic carbocycles. The van der Waals surface area contributed by atoms with Gasteiger partial charge in [0.15, 0.2) is 0 Å². The van der Waals surface area contributed by atoms with E-state index >= 15 is 0 Å². The Morgan fingerprint density at radius 2 is 1.53 bits per heavy atom. The van der Waals surface area contributed by atoms with Gasteiger partial charge >= 0.3 is 0 Å². The molecule has 4 aromatic heterocycles. The molecule has 6 rings (SSSR count). The molecule has 0 aliphatic heterocycles. The van der Waals surface area contributed by atoms with E-state index in [0.717, 1.165) is 44.6 Å². The predicted octanol–water partition coefficient (Wildman–Crippen LogP) is 8.89. The summed E-state index contributed by atoms with van der Waals surface area (Å²) >= 11 is 0. The number of hydrogen-bond acceptors (Lipinski definition) is 4. The average Bonchev–Trinajstić information content (AvgIpc) is 3.44. The summed E-state index contributed by atoms with van der Waals surface area (Å²) in [6.45, 7) is 13.2. The fraction of sp³-hybridized carbons (Fsp3) is 0.281. The average molecular weight is 507 g/mol. The maximum Gasteiger partial charge on any atom is 0.227 e. The Bertz CT molecular complexity index is 1800. The van der Waals surface area contributed by atoms with Gasteiger partial charge in [-0.25, -0.2) is 14.4 Å². The van der Waals surface area contributed by atoms with E-state index in [4.69, 9.17) is 14.4 Å². The molecule has 0 saturated carbocycles. The number of fused-ring (bicyclic) bond motifs is 4. The van der Waals surface area contributed by atoms with Gasteiger partial charge in [-0.1, -0.05) is 59.7 Å². The smallest absolute Gasteiger partial charge is 0.227 e. The Morgan fingerprint density at radius 1 is 0.789 bits per heavy atom. The number of imidazole rings is 1. The first kappa shape index (κ1) is 24.3. The normalized spacial score (nSPS) is 12.3. The number of para-hydroxylation sites is 1. The first-order chi connectivity index (χ1) is 18.2. The summed E-state index contributed by atoms with van der Waals surface area (Å²) in [6.07, 6.45) is 3.74. The molecule has 38 heavy (non-hydrogen) atoms. The molecule has 0 spiro atoms. The largest absolute Gasteiger partial charge is 0.438 e. The molecular weight excluding hydrogens is 475 g/mol. The van der Waals surface area contributed by atoms with Gasteiger partial charge in [0.25, 0.3) is 0 Å². The van der Waals surface area contributed by atoms with Gasteiger partial charge in [-0.15, -0.1) is 0 Å². The molecule has 5 nitrogen and oxygen atoms in total. The number of nitrogens with zero attached hydrogens (tertiary/aromatic N) is 4. The summed E-state index contributed by atoms with van der Waals surface area (Å²) in [7, 11) is 0. The van der Waals surface area contributed by atoms with Gasteiger partial charge in [0, 0.05) is 34.3 Å². The van der Waals surface area contributed by atoms with Crippen molar-refractivity contribution in [1.82, 2.24) is 19.5 Å². The highest BCUT2D eigenvalue weighted by molar-refractivity contribution is 6.04. The van der Waals surface area contributed by atoms with Crippen molar-refractivity contribution in [3.05, 3.63) is 83.6 Å². The summed E-state index contributed by atoms with van der Waals surface area (Å²) < 4.78 is 22.0. The van der Waals surface area contributed by atoms with Crippen molar-refractivity contribution in [1.29, 1.82) is 0 Å². The number of halogens is 1. The first-order valence-electron chi connectivity index (χ1n) is 13.2. The quantitative estimate of drug-likeness (QED) is 0.234. The van der Waals surface area contributed by atoms with Crippen LogP contribution >= 0.6 is 0 Å². The van der Waals surface area contributed by atoms with Crippen molar-refractivity contribution >= 4 is 33.1 Å². The highest BCUT2D eigenvalue weighted by Gasteiger charge is 2.23. The molecule has 0 bridgehead atoms. The lowest BCUT2D eigenvalue weighted by molar-refractivity contribution is 0.615. The zero-order valence-electron chi connectivity index (χ0n) is 22.6. The van der Waals surface area contributed by atoms with Gasteiger partial charge in [0.1, 0.15) is 17.2 Å². The highest BCUT2D eigenvalue weighted by atomic mass is 19.1. The van der Waals surface area contributed by atoms with Crippen molar-refractivity contribution in [3.8, 4) is 17.1 Å². The van der Waals surface area contributed by atoms with E-state index in [0.29, 0.717) is 23.1 Å². The highest BCUT2D eigenvalue weighted by Crippen LogP contribution is 2.38. The summed E-state index contributed by atoms with van der Waals surface area (Å²) in [6, 6.07) is 15.3. The van der Waals surface area contributed by atoms with E-state index in [2.05, 4.69) is 75.4 Å². The Morgan fingerprint density at radius 3 is 2.21 bits per heavy atom. The van der Waals surface area contributed by atoms with Gasteiger partial charge in [0.05, 0.1) is 22.9 Å². The van der Waals surface area contributed by atoms with Crippen LogP contribution in [-0.4, -0.2) is 19.5 Å². The van der Waals surface area contributed by atoms with Crippen molar-refractivity contribution in [3.63, 3.8) is 0 Å². The molecule has 6 aromatic rings.